The van der Waals surface area contributed by atoms with Gasteiger partial charge in [-0.2, -0.15) is 0 Å². The summed E-state index contributed by atoms with van der Waals surface area (Å²) in [6.07, 6.45) is 0.799. The number of hydrogen-bond acceptors (Lipinski definition) is 3. The van der Waals surface area contributed by atoms with Crippen molar-refractivity contribution in [2.24, 2.45) is 5.73 Å². The zero-order chi connectivity index (χ0) is 11.1. The Morgan fingerprint density at radius 2 is 2.06 bits per heavy atom. The summed E-state index contributed by atoms with van der Waals surface area (Å²) in [7, 11) is 1.73. The average Bonchev–Trinajstić information content (AvgIpc) is 2.27. The molecule has 5 heteroatoms. The topological polar surface area (TPSA) is 47.3 Å². The number of halogens is 1. The van der Waals surface area contributed by atoms with Crippen LogP contribution in [0.3, 0.4) is 0 Å². The van der Waals surface area contributed by atoms with E-state index in [2.05, 4.69) is 17.4 Å². The molecule has 1 atom stereocenters. The fraction of sp³-hybridized carbons (Fsp3) is 0.364. The van der Waals surface area contributed by atoms with Gasteiger partial charge >= 0.3 is 0 Å². The molecule has 0 unspecified atom stereocenters. The minimum atomic E-state index is -0.0290. The van der Waals surface area contributed by atoms with Crippen molar-refractivity contribution in [2.75, 3.05) is 13.7 Å². The minimum Gasteiger partial charge on any atom is -0.469 e. The highest BCUT2D eigenvalue weighted by atomic mass is 35.5. The van der Waals surface area contributed by atoms with Crippen LogP contribution in [0.4, 0.5) is 0 Å². The first kappa shape index (κ1) is 15.2. The molecule has 90 valence electrons. The maximum Gasteiger partial charge on any atom is 0.256 e. The number of nitrogens with one attached hydrogen (secondary N) is 1. The summed E-state index contributed by atoms with van der Waals surface area (Å²) in [5.74, 6) is 0. The molecule has 1 rings (SSSR count). The third-order valence-electron chi connectivity index (χ3n) is 1.97. The molecule has 0 spiro atoms. The Morgan fingerprint density at radius 1 is 1.44 bits per heavy atom. The van der Waals surface area contributed by atoms with Crippen LogP contribution in [0.25, 0.3) is 0 Å². The Bertz CT molecular complexity index is 308. The molecule has 3 nitrogen and oxygen atoms in total. The van der Waals surface area contributed by atoms with Gasteiger partial charge in [0, 0.05) is 13.1 Å². The average molecular weight is 261 g/mol. The maximum atomic E-state index is 5.90. The second-order valence-corrected chi connectivity index (χ2v) is 3.67. The molecular formula is C11H17ClN2OS. The Balaban J connectivity index is 0.00000225. The lowest BCUT2D eigenvalue weighted by Gasteiger charge is -2.13. The van der Waals surface area contributed by atoms with Crippen LogP contribution < -0.4 is 11.1 Å². The minimum absolute atomic E-state index is 0. The van der Waals surface area contributed by atoms with E-state index in [4.69, 9.17) is 22.7 Å². The van der Waals surface area contributed by atoms with Crippen molar-refractivity contribution in [1.82, 2.24) is 5.32 Å². The van der Waals surface area contributed by atoms with Crippen molar-refractivity contribution in [3.8, 4) is 0 Å². The van der Waals surface area contributed by atoms with Crippen molar-refractivity contribution in [3.05, 3.63) is 35.9 Å². The molecule has 0 radical (unpaired) electrons. The van der Waals surface area contributed by atoms with Crippen LogP contribution in [0.15, 0.2) is 30.3 Å². The number of nitrogens with two attached hydrogens (primary N) is 1. The second kappa shape index (κ2) is 8.33. The maximum absolute atomic E-state index is 5.90. The molecule has 0 aliphatic rings. The Hall–Kier alpha value is -0.840. The standard InChI is InChI=1S/C11H16N2OS.ClH/c1-13-11(15)14-8-10(12)7-9-5-3-2-4-6-9;/h2-6,10H,7-8,12H2,1H3,(H,13,15);1H/t10-;/m1./s1. The predicted octanol–water partition coefficient (Wildman–Crippen LogP) is 1.50. The highest BCUT2D eigenvalue weighted by Crippen LogP contribution is 2.01. The van der Waals surface area contributed by atoms with Crippen molar-refractivity contribution in [2.45, 2.75) is 12.5 Å². The summed E-state index contributed by atoms with van der Waals surface area (Å²) < 4.78 is 5.22. The van der Waals surface area contributed by atoms with Gasteiger partial charge < -0.3 is 15.8 Å². The third-order valence-corrected chi connectivity index (χ3v) is 2.30. The molecule has 0 saturated carbocycles. The fourth-order valence-corrected chi connectivity index (χ4v) is 1.30. The van der Waals surface area contributed by atoms with Crippen LogP contribution in [0.2, 0.25) is 0 Å². The lowest BCUT2D eigenvalue weighted by molar-refractivity contribution is 0.272. The quantitative estimate of drug-likeness (QED) is 0.806. The van der Waals surface area contributed by atoms with Crippen LogP contribution in [-0.2, 0) is 11.2 Å². The van der Waals surface area contributed by atoms with E-state index in [-0.39, 0.29) is 18.4 Å². The van der Waals surface area contributed by atoms with E-state index < -0.39 is 0 Å². The van der Waals surface area contributed by atoms with Crippen molar-refractivity contribution < 1.29 is 4.74 Å². The van der Waals surface area contributed by atoms with Crippen LogP contribution in [0.5, 0.6) is 0 Å². The van der Waals surface area contributed by atoms with Crippen LogP contribution in [0.1, 0.15) is 5.56 Å². The number of rotatable bonds is 4. The molecule has 0 aromatic heterocycles. The summed E-state index contributed by atoms with van der Waals surface area (Å²) in [6, 6.07) is 10.1. The van der Waals surface area contributed by atoms with E-state index in [1.54, 1.807) is 7.05 Å². The van der Waals surface area contributed by atoms with Gasteiger partial charge in [0.1, 0.15) is 6.61 Å². The lowest BCUT2D eigenvalue weighted by Crippen LogP contribution is -2.32. The fourth-order valence-electron chi connectivity index (χ4n) is 1.23. The van der Waals surface area contributed by atoms with Crippen LogP contribution in [0, 0.1) is 0 Å². The Kier molecular flexibility index (Phi) is 7.89. The van der Waals surface area contributed by atoms with E-state index in [0.29, 0.717) is 11.8 Å². The first-order valence-corrected chi connectivity index (χ1v) is 5.27. The van der Waals surface area contributed by atoms with Gasteiger partial charge in [0.2, 0.25) is 0 Å². The highest BCUT2D eigenvalue weighted by molar-refractivity contribution is 7.80. The SMILES string of the molecule is CNC(=S)OC[C@H](N)Cc1ccccc1.Cl. The molecular weight excluding hydrogens is 244 g/mol. The van der Waals surface area contributed by atoms with Crippen LogP contribution >= 0.6 is 24.6 Å². The summed E-state index contributed by atoms with van der Waals surface area (Å²) in [5.41, 5.74) is 7.11. The van der Waals surface area contributed by atoms with Crippen molar-refractivity contribution in [3.63, 3.8) is 0 Å². The first-order valence-electron chi connectivity index (χ1n) is 4.86. The normalized spacial score (nSPS) is 11.1. The molecule has 1 aromatic carbocycles. The summed E-state index contributed by atoms with van der Waals surface area (Å²) >= 11 is 4.85. The van der Waals surface area contributed by atoms with Crippen molar-refractivity contribution in [1.29, 1.82) is 0 Å². The molecule has 0 aliphatic carbocycles. The molecule has 0 aliphatic heterocycles. The molecule has 0 bridgehead atoms. The van der Waals surface area contributed by atoms with Gasteiger partial charge in [-0.3, -0.25) is 0 Å². The monoisotopic (exact) mass is 260 g/mol. The molecule has 3 N–H and O–H groups in total. The Morgan fingerprint density at radius 3 is 2.62 bits per heavy atom. The molecule has 0 heterocycles. The third kappa shape index (κ3) is 5.90. The van der Waals surface area contributed by atoms with Gasteiger partial charge in [-0.1, -0.05) is 30.3 Å². The summed E-state index contributed by atoms with van der Waals surface area (Å²) in [6.45, 7) is 0.439. The van der Waals surface area contributed by atoms with E-state index >= 15 is 0 Å². The predicted molar refractivity (Wildman–Crippen MR) is 73.0 cm³/mol. The molecule has 1 aromatic rings. The van der Waals surface area contributed by atoms with E-state index in [0.717, 1.165) is 6.42 Å². The van der Waals surface area contributed by atoms with Gasteiger partial charge in [0.05, 0.1) is 0 Å². The largest absolute Gasteiger partial charge is 0.469 e. The highest BCUT2D eigenvalue weighted by Gasteiger charge is 2.05. The number of ether oxygens (including phenoxy) is 1. The van der Waals surface area contributed by atoms with Crippen molar-refractivity contribution >= 4 is 29.8 Å². The first-order chi connectivity index (χ1) is 7.22. The molecule has 16 heavy (non-hydrogen) atoms. The van der Waals surface area contributed by atoms with Gasteiger partial charge in [0.15, 0.2) is 0 Å². The van der Waals surface area contributed by atoms with E-state index in [9.17, 15) is 0 Å². The van der Waals surface area contributed by atoms with E-state index in [1.807, 2.05) is 18.2 Å². The zero-order valence-corrected chi connectivity index (χ0v) is 10.8. The molecule has 0 saturated heterocycles. The summed E-state index contributed by atoms with van der Waals surface area (Å²) in [5, 5.41) is 3.13. The lowest BCUT2D eigenvalue weighted by atomic mass is 10.1. The zero-order valence-electron chi connectivity index (χ0n) is 9.18. The second-order valence-electron chi connectivity index (χ2n) is 3.30. The smallest absolute Gasteiger partial charge is 0.256 e. The Labute approximate surface area is 108 Å². The molecule has 0 fully saturated rings. The van der Waals surface area contributed by atoms with Crippen LogP contribution in [-0.4, -0.2) is 24.9 Å². The van der Waals surface area contributed by atoms with Gasteiger partial charge in [-0.05, 0) is 24.2 Å². The van der Waals surface area contributed by atoms with Gasteiger partial charge in [-0.15, -0.1) is 12.4 Å². The summed E-state index contributed by atoms with van der Waals surface area (Å²) in [4.78, 5) is 0. The van der Waals surface area contributed by atoms with E-state index in [1.165, 1.54) is 5.56 Å². The number of thiocarbonyl (C=S) groups is 1. The number of hydrogen-bond donors (Lipinski definition) is 2. The van der Waals surface area contributed by atoms with Gasteiger partial charge in [0.25, 0.3) is 5.17 Å². The van der Waals surface area contributed by atoms with Gasteiger partial charge in [-0.25, -0.2) is 0 Å². The molecule has 0 amide bonds. The number of benzene rings is 1.